The van der Waals surface area contributed by atoms with Crippen molar-refractivity contribution in [3.05, 3.63) is 16.1 Å². The van der Waals surface area contributed by atoms with Crippen molar-refractivity contribution in [2.45, 2.75) is 40.7 Å². The summed E-state index contributed by atoms with van der Waals surface area (Å²) >= 11 is 1.65. The highest BCUT2D eigenvalue weighted by Crippen LogP contribution is 2.12. The average Bonchev–Trinajstić information content (AvgIpc) is 2.85. The fraction of sp³-hybridized carbons (Fsp3) is 0.733. The van der Waals surface area contributed by atoms with Crippen LogP contribution in [0.25, 0.3) is 0 Å². The zero-order chi connectivity index (χ0) is 15.5. The van der Waals surface area contributed by atoms with E-state index in [2.05, 4.69) is 41.4 Å². The Labute approximate surface area is 132 Å². The highest BCUT2D eigenvalue weighted by molar-refractivity contribution is 7.09. The van der Waals surface area contributed by atoms with Crippen molar-refractivity contribution in [2.24, 2.45) is 10.9 Å². The van der Waals surface area contributed by atoms with Crippen LogP contribution in [0.2, 0.25) is 0 Å². The summed E-state index contributed by atoms with van der Waals surface area (Å²) in [4.78, 5) is 10.0. The first kappa shape index (κ1) is 17.9. The first-order valence-corrected chi connectivity index (χ1v) is 8.50. The van der Waals surface area contributed by atoms with Crippen molar-refractivity contribution in [1.82, 2.24) is 15.6 Å². The van der Waals surface area contributed by atoms with Crippen LogP contribution in [-0.4, -0.2) is 37.2 Å². The Kier molecular flexibility index (Phi) is 9.01. The monoisotopic (exact) mass is 312 g/mol. The molecule has 0 saturated heterocycles. The van der Waals surface area contributed by atoms with Gasteiger partial charge in [-0.25, -0.2) is 9.98 Å². The van der Waals surface area contributed by atoms with Crippen molar-refractivity contribution < 1.29 is 4.74 Å². The van der Waals surface area contributed by atoms with Gasteiger partial charge in [0.25, 0.3) is 0 Å². The molecular weight excluding hydrogens is 284 g/mol. The molecule has 0 radical (unpaired) electrons. The minimum Gasteiger partial charge on any atom is -0.380 e. The second-order valence-electron chi connectivity index (χ2n) is 5.28. The van der Waals surface area contributed by atoms with Crippen molar-refractivity contribution in [3.8, 4) is 0 Å². The van der Waals surface area contributed by atoms with Crippen LogP contribution in [0.4, 0.5) is 0 Å². The number of aromatic nitrogens is 1. The summed E-state index contributed by atoms with van der Waals surface area (Å²) in [5, 5.41) is 6.53. The zero-order valence-electron chi connectivity index (χ0n) is 13.6. The van der Waals surface area contributed by atoms with Gasteiger partial charge < -0.3 is 15.4 Å². The lowest BCUT2D eigenvalue weighted by atomic mass is 10.1. The summed E-state index contributed by atoms with van der Waals surface area (Å²) < 4.78 is 5.59. The molecule has 1 heterocycles. The fourth-order valence-electron chi connectivity index (χ4n) is 1.63. The SMILES string of the molecule is CCNC(=NCc1scnc1C)NCCOCCC(C)C. The Bertz CT molecular complexity index is 418. The summed E-state index contributed by atoms with van der Waals surface area (Å²) in [7, 11) is 0. The third-order valence-electron chi connectivity index (χ3n) is 2.95. The molecule has 1 aromatic heterocycles. The molecule has 0 fully saturated rings. The maximum absolute atomic E-state index is 5.59. The van der Waals surface area contributed by atoms with E-state index in [9.17, 15) is 0 Å². The molecule has 0 saturated carbocycles. The Morgan fingerprint density at radius 2 is 2.19 bits per heavy atom. The molecule has 0 aliphatic carbocycles. The van der Waals surface area contributed by atoms with Crippen LogP contribution in [0.5, 0.6) is 0 Å². The molecule has 0 amide bonds. The summed E-state index contributed by atoms with van der Waals surface area (Å²) in [5.74, 6) is 1.53. The standard InChI is InChI=1S/C15H28N4OS/c1-5-16-15(17-7-9-20-8-6-12(2)3)18-10-14-13(4)19-11-21-14/h11-12H,5-10H2,1-4H3,(H2,16,17,18). The number of rotatable bonds is 9. The van der Waals surface area contributed by atoms with E-state index >= 15 is 0 Å². The zero-order valence-corrected chi connectivity index (χ0v) is 14.4. The highest BCUT2D eigenvalue weighted by Gasteiger charge is 2.02. The molecular formula is C15H28N4OS. The van der Waals surface area contributed by atoms with Gasteiger partial charge in [-0.05, 0) is 26.2 Å². The lowest BCUT2D eigenvalue weighted by Crippen LogP contribution is -2.39. The molecule has 1 aromatic rings. The molecule has 0 atom stereocenters. The van der Waals surface area contributed by atoms with Gasteiger partial charge in [0.15, 0.2) is 5.96 Å². The minimum atomic E-state index is 0.667. The van der Waals surface area contributed by atoms with Crippen LogP contribution in [-0.2, 0) is 11.3 Å². The van der Waals surface area contributed by atoms with Gasteiger partial charge in [-0.1, -0.05) is 13.8 Å². The van der Waals surface area contributed by atoms with Crippen LogP contribution in [0, 0.1) is 12.8 Å². The minimum absolute atomic E-state index is 0.667. The lowest BCUT2D eigenvalue weighted by molar-refractivity contribution is 0.128. The Morgan fingerprint density at radius 1 is 1.38 bits per heavy atom. The fourth-order valence-corrected chi connectivity index (χ4v) is 2.33. The number of aliphatic imine (C=N–C) groups is 1. The molecule has 0 aliphatic rings. The quantitative estimate of drug-likeness (QED) is 0.418. The van der Waals surface area contributed by atoms with Gasteiger partial charge in [-0.3, -0.25) is 0 Å². The van der Waals surface area contributed by atoms with Crippen molar-refractivity contribution in [3.63, 3.8) is 0 Å². The first-order valence-electron chi connectivity index (χ1n) is 7.62. The third kappa shape index (κ3) is 8.02. The van der Waals surface area contributed by atoms with E-state index in [4.69, 9.17) is 4.74 Å². The molecule has 2 N–H and O–H groups in total. The number of guanidine groups is 1. The van der Waals surface area contributed by atoms with Crippen LogP contribution >= 0.6 is 11.3 Å². The van der Waals surface area contributed by atoms with Crippen LogP contribution in [0.1, 0.15) is 37.8 Å². The van der Waals surface area contributed by atoms with Gasteiger partial charge in [0, 0.05) is 24.6 Å². The number of nitrogens with one attached hydrogen (secondary N) is 2. The summed E-state index contributed by atoms with van der Waals surface area (Å²) in [6, 6.07) is 0. The maximum atomic E-state index is 5.59. The number of thiazole rings is 1. The summed E-state index contributed by atoms with van der Waals surface area (Å²) in [5.41, 5.74) is 2.93. The van der Waals surface area contributed by atoms with E-state index in [1.807, 2.05) is 12.4 Å². The van der Waals surface area contributed by atoms with E-state index in [1.54, 1.807) is 11.3 Å². The van der Waals surface area contributed by atoms with Crippen molar-refractivity contribution in [2.75, 3.05) is 26.3 Å². The Balaban J connectivity index is 2.27. The molecule has 5 nitrogen and oxygen atoms in total. The Morgan fingerprint density at radius 3 is 2.81 bits per heavy atom. The molecule has 0 spiro atoms. The molecule has 6 heteroatoms. The maximum Gasteiger partial charge on any atom is 0.191 e. The lowest BCUT2D eigenvalue weighted by Gasteiger charge is -2.11. The molecule has 120 valence electrons. The van der Waals surface area contributed by atoms with E-state index in [-0.39, 0.29) is 0 Å². The number of aryl methyl sites for hydroxylation is 1. The predicted octanol–water partition coefficient (Wildman–Crippen LogP) is 2.57. The Hall–Kier alpha value is -1.14. The van der Waals surface area contributed by atoms with Gasteiger partial charge >= 0.3 is 0 Å². The smallest absolute Gasteiger partial charge is 0.191 e. The van der Waals surface area contributed by atoms with Crippen molar-refractivity contribution >= 4 is 17.3 Å². The average molecular weight is 312 g/mol. The largest absolute Gasteiger partial charge is 0.380 e. The molecule has 0 aliphatic heterocycles. The topological polar surface area (TPSA) is 58.5 Å². The van der Waals surface area contributed by atoms with E-state index < -0.39 is 0 Å². The molecule has 0 aromatic carbocycles. The van der Waals surface area contributed by atoms with Gasteiger partial charge in [0.1, 0.15) is 0 Å². The number of hydrogen-bond acceptors (Lipinski definition) is 4. The number of hydrogen-bond donors (Lipinski definition) is 2. The third-order valence-corrected chi connectivity index (χ3v) is 3.87. The molecule has 0 bridgehead atoms. The van der Waals surface area contributed by atoms with E-state index in [1.165, 1.54) is 4.88 Å². The molecule has 0 unspecified atom stereocenters. The van der Waals surface area contributed by atoms with Gasteiger partial charge in [0.2, 0.25) is 0 Å². The van der Waals surface area contributed by atoms with Crippen molar-refractivity contribution in [1.29, 1.82) is 0 Å². The molecule has 21 heavy (non-hydrogen) atoms. The number of nitrogens with zero attached hydrogens (tertiary/aromatic N) is 2. The second-order valence-corrected chi connectivity index (χ2v) is 6.22. The highest BCUT2D eigenvalue weighted by atomic mass is 32.1. The van der Waals surface area contributed by atoms with Crippen LogP contribution in [0.3, 0.4) is 0 Å². The van der Waals surface area contributed by atoms with E-state index in [0.29, 0.717) is 19.1 Å². The first-order chi connectivity index (χ1) is 10.1. The van der Waals surface area contributed by atoms with Gasteiger partial charge in [-0.15, -0.1) is 11.3 Å². The van der Waals surface area contributed by atoms with Crippen LogP contribution in [0.15, 0.2) is 10.5 Å². The predicted molar refractivity (Wildman–Crippen MR) is 89.9 cm³/mol. The summed E-state index contributed by atoms with van der Waals surface area (Å²) in [6.07, 6.45) is 1.11. The molecule has 1 rings (SSSR count). The summed E-state index contributed by atoms with van der Waals surface area (Å²) in [6.45, 7) is 12.3. The van der Waals surface area contributed by atoms with Gasteiger partial charge in [-0.2, -0.15) is 0 Å². The van der Waals surface area contributed by atoms with Crippen LogP contribution < -0.4 is 10.6 Å². The normalized spacial score (nSPS) is 12.0. The van der Waals surface area contributed by atoms with E-state index in [0.717, 1.165) is 37.8 Å². The van der Waals surface area contributed by atoms with Gasteiger partial charge in [0.05, 0.1) is 24.4 Å². The second kappa shape index (κ2) is 10.6. The number of ether oxygens (including phenoxy) is 1.